The van der Waals surface area contributed by atoms with E-state index in [1.165, 1.54) is 0 Å². The summed E-state index contributed by atoms with van der Waals surface area (Å²) >= 11 is 0. The van der Waals surface area contributed by atoms with Gasteiger partial charge in [0.25, 0.3) is 0 Å². The third-order valence-electron chi connectivity index (χ3n) is 2.19. The van der Waals surface area contributed by atoms with Crippen molar-refractivity contribution in [3.63, 3.8) is 0 Å². The van der Waals surface area contributed by atoms with Crippen LogP contribution in [0.25, 0.3) is 0 Å². The lowest BCUT2D eigenvalue weighted by Gasteiger charge is -2.09. The van der Waals surface area contributed by atoms with E-state index >= 15 is 0 Å². The lowest BCUT2D eigenvalue weighted by atomic mass is 10.3. The second kappa shape index (κ2) is 4.91. The summed E-state index contributed by atoms with van der Waals surface area (Å²) < 4.78 is 0. The van der Waals surface area contributed by atoms with E-state index in [0.29, 0.717) is 12.5 Å². The van der Waals surface area contributed by atoms with Gasteiger partial charge in [-0.3, -0.25) is 0 Å². The average Bonchev–Trinajstić information content (AvgIpc) is 2.19. The molecule has 1 aromatic rings. The zero-order valence-corrected chi connectivity index (χ0v) is 8.91. The standard InChI is InChI=1S/C10H17N3O/c1-4-9(14)6-12-10-11-5-7(2)8(3)13-10/h5,9,14H,4,6H2,1-3H3,(H,11,12,13). The second-order valence-corrected chi connectivity index (χ2v) is 3.41. The van der Waals surface area contributed by atoms with Gasteiger partial charge in [0.05, 0.1) is 6.10 Å². The quantitative estimate of drug-likeness (QED) is 0.759. The van der Waals surface area contributed by atoms with Gasteiger partial charge < -0.3 is 10.4 Å². The number of aliphatic hydroxyl groups is 1. The summed E-state index contributed by atoms with van der Waals surface area (Å²) in [5.74, 6) is 0.584. The third kappa shape index (κ3) is 2.96. The highest BCUT2D eigenvalue weighted by Gasteiger charge is 2.02. The molecule has 0 aromatic carbocycles. The van der Waals surface area contributed by atoms with Gasteiger partial charge in [-0.1, -0.05) is 6.92 Å². The van der Waals surface area contributed by atoms with Crippen LogP contribution in [0.2, 0.25) is 0 Å². The monoisotopic (exact) mass is 195 g/mol. The van der Waals surface area contributed by atoms with E-state index < -0.39 is 0 Å². The van der Waals surface area contributed by atoms with Crippen LogP contribution in [0.5, 0.6) is 0 Å². The number of hydrogen-bond donors (Lipinski definition) is 2. The van der Waals surface area contributed by atoms with Crippen LogP contribution in [0, 0.1) is 13.8 Å². The van der Waals surface area contributed by atoms with Crippen LogP contribution >= 0.6 is 0 Å². The molecule has 0 spiro atoms. The Kier molecular flexibility index (Phi) is 3.83. The van der Waals surface area contributed by atoms with Crippen LogP contribution in [0.1, 0.15) is 24.6 Å². The molecule has 1 rings (SSSR count). The molecule has 0 aliphatic heterocycles. The number of hydrogen-bond acceptors (Lipinski definition) is 4. The van der Waals surface area contributed by atoms with E-state index in [9.17, 15) is 5.11 Å². The SMILES string of the molecule is CCC(O)CNc1ncc(C)c(C)n1. The number of aliphatic hydroxyl groups excluding tert-OH is 1. The molecule has 0 aliphatic carbocycles. The minimum atomic E-state index is -0.333. The maximum absolute atomic E-state index is 9.33. The van der Waals surface area contributed by atoms with Gasteiger partial charge in [-0.2, -0.15) is 0 Å². The number of aromatic nitrogens is 2. The molecular weight excluding hydrogens is 178 g/mol. The highest BCUT2D eigenvalue weighted by atomic mass is 16.3. The Morgan fingerprint density at radius 3 is 2.79 bits per heavy atom. The molecule has 14 heavy (non-hydrogen) atoms. The van der Waals surface area contributed by atoms with Crippen molar-refractivity contribution in [3.05, 3.63) is 17.5 Å². The Morgan fingerprint density at radius 1 is 1.50 bits per heavy atom. The zero-order valence-electron chi connectivity index (χ0n) is 8.91. The van der Waals surface area contributed by atoms with Crippen molar-refractivity contribution in [3.8, 4) is 0 Å². The first-order chi connectivity index (χ1) is 6.63. The zero-order chi connectivity index (χ0) is 10.6. The minimum absolute atomic E-state index is 0.333. The molecule has 0 saturated carbocycles. The molecule has 0 fully saturated rings. The van der Waals surface area contributed by atoms with Crippen molar-refractivity contribution in [2.45, 2.75) is 33.3 Å². The molecule has 1 heterocycles. The first-order valence-electron chi connectivity index (χ1n) is 4.85. The smallest absolute Gasteiger partial charge is 0.222 e. The maximum atomic E-state index is 9.33. The first-order valence-corrected chi connectivity index (χ1v) is 4.85. The summed E-state index contributed by atoms with van der Waals surface area (Å²) in [5, 5.41) is 12.3. The topological polar surface area (TPSA) is 58.0 Å². The van der Waals surface area contributed by atoms with Crippen molar-refractivity contribution in [1.82, 2.24) is 9.97 Å². The van der Waals surface area contributed by atoms with Crippen molar-refractivity contribution in [1.29, 1.82) is 0 Å². The molecule has 0 radical (unpaired) electrons. The van der Waals surface area contributed by atoms with Gasteiger partial charge >= 0.3 is 0 Å². The summed E-state index contributed by atoms with van der Waals surface area (Å²) in [4.78, 5) is 8.36. The average molecular weight is 195 g/mol. The molecule has 4 nitrogen and oxygen atoms in total. The number of rotatable bonds is 4. The molecule has 78 valence electrons. The van der Waals surface area contributed by atoms with E-state index in [0.717, 1.165) is 17.7 Å². The number of aryl methyl sites for hydroxylation is 2. The van der Waals surface area contributed by atoms with E-state index in [4.69, 9.17) is 0 Å². The summed E-state index contributed by atoms with van der Waals surface area (Å²) in [6.07, 6.45) is 2.18. The van der Waals surface area contributed by atoms with Gasteiger partial charge in [-0.25, -0.2) is 9.97 Å². The molecule has 0 amide bonds. The Morgan fingerprint density at radius 2 is 2.21 bits per heavy atom. The van der Waals surface area contributed by atoms with E-state index in [1.807, 2.05) is 20.8 Å². The van der Waals surface area contributed by atoms with E-state index in [-0.39, 0.29) is 6.10 Å². The molecule has 4 heteroatoms. The van der Waals surface area contributed by atoms with Crippen molar-refractivity contribution in [2.75, 3.05) is 11.9 Å². The maximum Gasteiger partial charge on any atom is 0.222 e. The largest absolute Gasteiger partial charge is 0.391 e. The van der Waals surface area contributed by atoms with Crippen molar-refractivity contribution >= 4 is 5.95 Å². The molecule has 1 unspecified atom stereocenters. The fourth-order valence-electron chi connectivity index (χ4n) is 0.966. The summed E-state index contributed by atoms with van der Waals surface area (Å²) in [6.45, 7) is 6.35. The molecule has 2 N–H and O–H groups in total. The van der Waals surface area contributed by atoms with Crippen molar-refractivity contribution < 1.29 is 5.11 Å². The van der Waals surface area contributed by atoms with Gasteiger partial charge in [0, 0.05) is 18.4 Å². The molecule has 0 aliphatic rings. The van der Waals surface area contributed by atoms with Gasteiger partial charge in [-0.15, -0.1) is 0 Å². The molecule has 0 bridgehead atoms. The molecule has 1 aromatic heterocycles. The predicted octanol–water partition coefficient (Wildman–Crippen LogP) is 1.28. The van der Waals surface area contributed by atoms with Gasteiger partial charge in [0.15, 0.2) is 0 Å². The number of nitrogens with one attached hydrogen (secondary N) is 1. The van der Waals surface area contributed by atoms with Gasteiger partial charge in [0.2, 0.25) is 5.95 Å². The Labute approximate surface area is 84.4 Å². The Balaban J connectivity index is 2.55. The Bertz CT molecular complexity index is 301. The lowest BCUT2D eigenvalue weighted by molar-refractivity contribution is 0.183. The predicted molar refractivity (Wildman–Crippen MR) is 56.3 cm³/mol. The van der Waals surface area contributed by atoms with Crippen LogP contribution < -0.4 is 5.32 Å². The molecular formula is C10H17N3O. The van der Waals surface area contributed by atoms with Crippen LogP contribution in [-0.4, -0.2) is 27.7 Å². The number of anilines is 1. The summed E-state index contributed by atoms with van der Waals surface area (Å²) in [7, 11) is 0. The van der Waals surface area contributed by atoms with Crippen LogP contribution in [0.4, 0.5) is 5.95 Å². The minimum Gasteiger partial charge on any atom is -0.391 e. The summed E-state index contributed by atoms with van der Waals surface area (Å²) in [6, 6.07) is 0. The summed E-state index contributed by atoms with van der Waals surface area (Å²) in [5.41, 5.74) is 2.04. The fourth-order valence-corrected chi connectivity index (χ4v) is 0.966. The highest BCUT2D eigenvalue weighted by Crippen LogP contribution is 2.05. The highest BCUT2D eigenvalue weighted by molar-refractivity contribution is 5.28. The normalized spacial score (nSPS) is 12.6. The number of nitrogens with zero attached hydrogens (tertiary/aromatic N) is 2. The van der Waals surface area contributed by atoms with Gasteiger partial charge in [-0.05, 0) is 25.8 Å². The molecule has 0 saturated heterocycles. The van der Waals surface area contributed by atoms with Gasteiger partial charge in [0.1, 0.15) is 0 Å². The van der Waals surface area contributed by atoms with E-state index in [2.05, 4.69) is 15.3 Å². The van der Waals surface area contributed by atoms with Crippen LogP contribution in [0.15, 0.2) is 6.20 Å². The first kappa shape index (κ1) is 10.9. The van der Waals surface area contributed by atoms with Crippen molar-refractivity contribution in [2.24, 2.45) is 0 Å². The Hall–Kier alpha value is -1.16. The fraction of sp³-hybridized carbons (Fsp3) is 0.600. The lowest BCUT2D eigenvalue weighted by Crippen LogP contribution is -2.19. The second-order valence-electron chi connectivity index (χ2n) is 3.41. The third-order valence-corrected chi connectivity index (χ3v) is 2.19. The molecule has 1 atom stereocenters. The van der Waals surface area contributed by atoms with Crippen LogP contribution in [-0.2, 0) is 0 Å². The van der Waals surface area contributed by atoms with E-state index in [1.54, 1.807) is 6.20 Å². The van der Waals surface area contributed by atoms with Crippen LogP contribution in [0.3, 0.4) is 0 Å².